The van der Waals surface area contributed by atoms with E-state index < -0.39 is 41.6 Å². The maximum absolute atomic E-state index is 11.4. The Kier molecular flexibility index (Phi) is 17.9. The van der Waals surface area contributed by atoms with Crippen LogP contribution in [0.1, 0.15) is 68.4 Å². The summed E-state index contributed by atoms with van der Waals surface area (Å²) in [6.45, 7) is 11.2. The zero-order valence-electron chi connectivity index (χ0n) is 21.2. The number of benzene rings is 1. The molecule has 0 unspecified atom stereocenters. The van der Waals surface area contributed by atoms with Crippen molar-refractivity contribution >= 4 is 29.1 Å². The monoisotopic (exact) mass is 542 g/mol. The molecule has 1 fully saturated rings. The van der Waals surface area contributed by atoms with Gasteiger partial charge in [0, 0.05) is 12.8 Å². The lowest BCUT2D eigenvalue weighted by Gasteiger charge is -2.37. The van der Waals surface area contributed by atoms with Crippen molar-refractivity contribution in [3.63, 3.8) is 0 Å². The van der Waals surface area contributed by atoms with Crippen molar-refractivity contribution in [3.8, 4) is 0 Å². The maximum atomic E-state index is 11.4. The molecule has 1 aliphatic heterocycles. The summed E-state index contributed by atoms with van der Waals surface area (Å²) < 4.78 is 26.6. The molecule has 2 aliphatic rings. The van der Waals surface area contributed by atoms with Gasteiger partial charge in [-0.15, -0.1) is 0 Å². The van der Waals surface area contributed by atoms with Gasteiger partial charge in [0.25, 0.3) is 0 Å². The van der Waals surface area contributed by atoms with Gasteiger partial charge in [-0.05, 0) is 42.2 Å². The molecule has 1 aromatic carbocycles. The number of aliphatic hydroxyl groups excluding tert-OH is 2. The molecule has 0 spiro atoms. The molecule has 212 valence electrons. The van der Waals surface area contributed by atoms with Crippen LogP contribution in [0.2, 0.25) is 0 Å². The minimum absolute atomic E-state index is 0. The van der Waals surface area contributed by atoms with E-state index in [4.69, 9.17) is 23.0 Å². The third-order valence-electron chi connectivity index (χ3n) is 7.12. The molecule has 8 atom stereocenters. The van der Waals surface area contributed by atoms with Gasteiger partial charge in [0.1, 0.15) is 12.2 Å². The van der Waals surface area contributed by atoms with Gasteiger partial charge in [-0.25, -0.2) is 0 Å². The molecule has 0 saturated carbocycles. The van der Waals surface area contributed by atoms with Crippen molar-refractivity contribution in [3.05, 3.63) is 42.0 Å². The van der Waals surface area contributed by atoms with Crippen LogP contribution in [0.4, 0.5) is 0 Å². The Bertz CT molecular complexity index is 881. The standard InChI is InChI=1S/C16H22O.C10H16O5.2CH4.O2S/c1-11-12(2)15(9-10-16(17)13(11)3)14-7-5-4-6-8-14;1-5-8(4-11)15-10(13)6(2)9(5)14-7(3)12;;;1-3-2/h4-9,11-13,16-17H,10H2,1-3H3;5-6,8-9,11H,4H2,1-3H3;2*1H4;/t11-,12+,13-,16-;5-,6-,8+,9-;;;/m10.../s1. The van der Waals surface area contributed by atoms with Gasteiger partial charge in [0.15, 0.2) is 0 Å². The molecule has 0 aromatic heterocycles. The summed E-state index contributed by atoms with van der Waals surface area (Å²) >= 11 is -0.750. The normalized spacial score (nSPS) is 30.5. The maximum Gasteiger partial charge on any atom is 0.335 e. The SMILES string of the molecule is C.C.CC(=O)O[C@H]1[C@@H](C)[C@@H](CO)OC(=O)[C@H]1C.C[C@@H]1[C@H](C)[C@H](C)C(c2ccccc2)=CC[C@H]1O.O=S=O. The van der Waals surface area contributed by atoms with E-state index in [0.29, 0.717) is 17.8 Å². The molecule has 2 N–H and O–H groups in total. The number of hydrogen-bond donors (Lipinski definition) is 2. The van der Waals surface area contributed by atoms with Crippen LogP contribution < -0.4 is 0 Å². The summed E-state index contributed by atoms with van der Waals surface area (Å²) in [6.07, 6.45) is 1.71. The zero-order valence-corrected chi connectivity index (χ0v) is 22.1. The van der Waals surface area contributed by atoms with Crippen molar-refractivity contribution in [1.29, 1.82) is 0 Å². The third kappa shape index (κ3) is 10.5. The molecule has 8 nitrogen and oxygen atoms in total. The number of hydrogen-bond acceptors (Lipinski definition) is 8. The second-order valence-corrected chi connectivity index (χ2v) is 9.42. The molecule has 9 heteroatoms. The lowest BCUT2D eigenvalue weighted by atomic mass is 9.79. The Morgan fingerprint density at radius 3 is 2.03 bits per heavy atom. The number of ether oxygens (including phenoxy) is 2. The first-order valence-electron chi connectivity index (χ1n) is 11.8. The topological polar surface area (TPSA) is 127 Å². The molecule has 0 bridgehead atoms. The predicted octanol–water partition coefficient (Wildman–Crippen LogP) is 4.45. The van der Waals surface area contributed by atoms with Crippen LogP contribution >= 0.6 is 0 Å². The lowest BCUT2D eigenvalue weighted by Crippen LogP contribution is -2.49. The second-order valence-electron chi connectivity index (χ2n) is 9.28. The van der Waals surface area contributed by atoms with Crippen molar-refractivity contribution < 1.29 is 37.7 Å². The first-order valence-corrected chi connectivity index (χ1v) is 12.5. The second kappa shape index (κ2) is 18.0. The Labute approximate surface area is 226 Å². The van der Waals surface area contributed by atoms with Crippen LogP contribution in [0.15, 0.2) is 36.4 Å². The average Bonchev–Trinajstić information content (AvgIpc) is 2.92. The molecule has 1 heterocycles. The summed E-state index contributed by atoms with van der Waals surface area (Å²) in [7, 11) is 0. The molecular weight excluding hydrogens is 496 g/mol. The highest BCUT2D eigenvalue weighted by Gasteiger charge is 2.43. The summed E-state index contributed by atoms with van der Waals surface area (Å²) in [5.74, 6) is -0.146. The van der Waals surface area contributed by atoms with Crippen LogP contribution in [0.25, 0.3) is 5.57 Å². The molecule has 37 heavy (non-hydrogen) atoms. The van der Waals surface area contributed by atoms with Crippen LogP contribution in [0.5, 0.6) is 0 Å². The summed E-state index contributed by atoms with van der Waals surface area (Å²) in [5.41, 5.74) is 2.69. The first kappa shape index (κ1) is 36.8. The average molecular weight is 543 g/mol. The molecule has 0 radical (unpaired) electrons. The number of carbonyl (C=O) groups excluding carboxylic acids is 2. The molecule has 1 saturated heterocycles. The van der Waals surface area contributed by atoms with Gasteiger partial charge in [-0.2, -0.15) is 8.42 Å². The highest BCUT2D eigenvalue weighted by atomic mass is 32.1. The number of carbonyl (C=O) groups is 2. The summed E-state index contributed by atoms with van der Waals surface area (Å²) in [4.78, 5) is 22.2. The zero-order chi connectivity index (χ0) is 26.7. The number of esters is 2. The van der Waals surface area contributed by atoms with Gasteiger partial charge >= 0.3 is 23.5 Å². The van der Waals surface area contributed by atoms with E-state index in [2.05, 4.69) is 51.1 Å². The van der Waals surface area contributed by atoms with E-state index in [9.17, 15) is 14.7 Å². The minimum atomic E-state index is -0.750. The third-order valence-corrected chi connectivity index (χ3v) is 7.12. The number of allylic oxidation sites excluding steroid dienone is 1. The van der Waals surface area contributed by atoms with E-state index in [1.807, 2.05) is 6.07 Å². The first-order chi connectivity index (χ1) is 16.5. The minimum Gasteiger partial charge on any atom is -0.461 e. The molecular formula is C28H46O8S. The largest absolute Gasteiger partial charge is 0.461 e. The predicted molar refractivity (Wildman–Crippen MR) is 146 cm³/mol. The Balaban J connectivity index is 0. The van der Waals surface area contributed by atoms with E-state index in [1.54, 1.807) is 13.8 Å². The fourth-order valence-corrected chi connectivity index (χ4v) is 4.52. The van der Waals surface area contributed by atoms with Gasteiger partial charge in [-0.3, -0.25) is 9.59 Å². The van der Waals surface area contributed by atoms with E-state index in [1.165, 1.54) is 18.1 Å². The van der Waals surface area contributed by atoms with Gasteiger partial charge in [-0.1, -0.05) is 79.0 Å². The number of cyclic esters (lactones) is 1. The fraction of sp³-hybridized carbons (Fsp3) is 0.643. The Morgan fingerprint density at radius 1 is 1.00 bits per heavy atom. The highest BCUT2D eigenvalue weighted by molar-refractivity contribution is 7.51. The molecule has 0 amide bonds. The van der Waals surface area contributed by atoms with Crippen LogP contribution in [-0.2, 0) is 30.6 Å². The number of aliphatic hydroxyl groups is 2. The summed E-state index contributed by atoms with van der Waals surface area (Å²) in [6, 6.07) is 10.5. The lowest BCUT2D eigenvalue weighted by molar-refractivity contribution is -0.189. The smallest absolute Gasteiger partial charge is 0.335 e. The van der Waals surface area contributed by atoms with Crippen molar-refractivity contribution in [2.24, 2.45) is 29.6 Å². The van der Waals surface area contributed by atoms with Crippen molar-refractivity contribution in [2.75, 3.05) is 6.61 Å². The van der Waals surface area contributed by atoms with E-state index >= 15 is 0 Å². The van der Waals surface area contributed by atoms with Gasteiger partial charge < -0.3 is 19.7 Å². The Morgan fingerprint density at radius 2 is 1.54 bits per heavy atom. The number of rotatable bonds is 3. The van der Waals surface area contributed by atoms with Gasteiger partial charge in [0.2, 0.25) is 0 Å². The van der Waals surface area contributed by atoms with Crippen molar-refractivity contribution in [2.45, 2.75) is 81.1 Å². The molecule has 3 rings (SSSR count). The quantitative estimate of drug-likeness (QED) is 0.536. The van der Waals surface area contributed by atoms with Crippen LogP contribution in [-0.4, -0.2) is 55.5 Å². The summed E-state index contributed by atoms with van der Waals surface area (Å²) in [5, 5.41) is 19.1. The van der Waals surface area contributed by atoms with Gasteiger partial charge in [0.05, 0.1) is 18.6 Å². The van der Waals surface area contributed by atoms with Crippen molar-refractivity contribution in [1.82, 2.24) is 0 Å². The highest BCUT2D eigenvalue weighted by Crippen LogP contribution is 2.38. The van der Waals surface area contributed by atoms with E-state index in [0.717, 1.165) is 6.42 Å². The molecule has 1 aliphatic carbocycles. The van der Waals surface area contributed by atoms with E-state index in [-0.39, 0.29) is 33.5 Å². The Hall–Kier alpha value is -2.36. The van der Waals surface area contributed by atoms with Crippen LogP contribution in [0.3, 0.4) is 0 Å². The fourth-order valence-electron chi connectivity index (χ4n) is 4.52. The van der Waals surface area contributed by atoms with Crippen LogP contribution in [0, 0.1) is 29.6 Å². The molecule has 1 aromatic rings.